The molecule has 0 aliphatic rings. The van der Waals surface area contributed by atoms with E-state index in [4.69, 9.17) is 14.2 Å². The summed E-state index contributed by atoms with van der Waals surface area (Å²) in [6.07, 6.45) is 4.93. The number of aromatic nitrogens is 4. The summed E-state index contributed by atoms with van der Waals surface area (Å²) < 4.78 is 17.2. The van der Waals surface area contributed by atoms with Gasteiger partial charge in [-0.25, -0.2) is 9.97 Å². The number of rotatable bonds is 5. The van der Waals surface area contributed by atoms with Crippen molar-refractivity contribution >= 4 is 17.9 Å². The molecule has 0 bridgehead atoms. The minimum atomic E-state index is -0.234. The molecule has 3 rings (SSSR count). The van der Waals surface area contributed by atoms with Gasteiger partial charge in [0.2, 0.25) is 5.75 Å². The molecule has 24 heavy (non-hydrogen) atoms. The van der Waals surface area contributed by atoms with Gasteiger partial charge >= 0.3 is 0 Å². The highest BCUT2D eigenvalue weighted by Gasteiger charge is 2.12. The van der Waals surface area contributed by atoms with Gasteiger partial charge in [-0.2, -0.15) is 4.52 Å². The Morgan fingerprint density at radius 2 is 1.75 bits per heavy atom. The van der Waals surface area contributed by atoms with Crippen LogP contribution in [0.4, 0.5) is 0 Å². The third-order valence-electron chi connectivity index (χ3n) is 3.42. The van der Waals surface area contributed by atoms with Crippen LogP contribution in [0.25, 0.3) is 17.9 Å². The van der Waals surface area contributed by atoms with Crippen LogP contribution in [0.1, 0.15) is 11.3 Å². The molecule has 0 amide bonds. The molecule has 0 saturated carbocycles. The summed E-state index contributed by atoms with van der Waals surface area (Å²) in [5, 5.41) is 2.69. The van der Waals surface area contributed by atoms with Crippen molar-refractivity contribution in [2.75, 3.05) is 21.3 Å². The number of nitrogens with zero attached hydrogens (tertiary/aromatic N) is 3. The fourth-order valence-electron chi connectivity index (χ4n) is 2.30. The van der Waals surface area contributed by atoms with Crippen LogP contribution >= 0.6 is 0 Å². The van der Waals surface area contributed by atoms with E-state index < -0.39 is 0 Å². The third kappa shape index (κ3) is 2.81. The van der Waals surface area contributed by atoms with Gasteiger partial charge < -0.3 is 14.2 Å². The first-order valence-corrected chi connectivity index (χ1v) is 7.07. The van der Waals surface area contributed by atoms with E-state index in [1.165, 1.54) is 16.9 Å². The van der Waals surface area contributed by atoms with Crippen LogP contribution in [0.15, 0.2) is 29.3 Å². The molecule has 2 aromatic heterocycles. The zero-order chi connectivity index (χ0) is 17.1. The Morgan fingerprint density at radius 1 is 1.04 bits per heavy atom. The van der Waals surface area contributed by atoms with Crippen LogP contribution in [0, 0.1) is 0 Å². The summed E-state index contributed by atoms with van der Waals surface area (Å²) in [6, 6.07) is 5.02. The molecule has 0 aliphatic carbocycles. The number of benzene rings is 1. The molecule has 0 radical (unpaired) electrons. The van der Waals surface area contributed by atoms with Crippen molar-refractivity contribution in [3.63, 3.8) is 0 Å². The zero-order valence-corrected chi connectivity index (χ0v) is 13.4. The van der Waals surface area contributed by atoms with E-state index in [1.807, 2.05) is 0 Å². The Balaban J connectivity index is 1.99. The summed E-state index contributed by atoms with van der Waals surface area (Å²) in [5.74, 6) is 1.93. The van der Waals surface area contributed by atoms with E-state index in [9.17, 15) is 4.79 Å². The van der Waals surface area contributed by atoms with Crippen molar-refractivity contribution in [3.05, 3.63) is 46.1 Å². The van der Waals surface area contributed by atoms with Gasteiger partial charge in [-0.15, -0.1) is 0 Å². The second-order valence-electron chi connectivity index (χ2n) is 4.83. The molecular weight excluding hydrogens is 312 g/mol. The summed E-state index contributed by atoms with van der Waals surface area (Å²) in [5.41, 5.74) is 1.08. The first-order chi connectivity index (χ1) is 11.7. The third-order valence-corrected chi connectivity index (χ3v) is 3.42. The average molecular weight is 328 g/mol. The Kier molecular flexibility index (Phi) is 4.19. The molecule has 0 atom stereocenters. The second kappa shape index (κ2) is 6.45. The number of hydrogen-bond donors (Lipinski definition) is 1. The molecule has 0 spiro atoms. The normalized spacial score (nSPS) is 11.1. The lowest BCUT2D eigenvalue weighted by Crippen LogP contribution is -2.14. The second-order valence-corrected chi connectivity index (χ2v) is 4.83. The Hall–Kier alpha value is -3.29. The SMILES string of the molecule is COc1cc(C=Cc2cc(=O)n3[nH]cnc3n2)cc(OC)c1OC. The molecule has 8 nitrogen and oxygen atoms in total. The average Bonchev–Trinajstić information content (AvgIpc) is 3.08. The molecular formula is C16H16N4O4. The minimum Gasteiger partial charge on any atom is -0.493 e. The summed E-state index contributed by atoms with van der Waals surface area (Å²) in [6.45, 7) is 0. The number of methoxy groups -OCH3 is 3. The van der Waals surface area contributed by atoms with E-state index in [2.05, 4.69) is 15.1 Å². The minimum absolute atomic E-state index is 0.234. The van der Waals surface area contributed by atoms with Crippen LogP contribution in [0.3, 0.4) is 0 Å². The van der Waals surface area contributed by atoms with Crippen molar-refractivity contribution in [2.24, 2.45) is 0 Å². The predicted octanol–water partition coefficient (Wildman–Crippen LogP) is 1.61. The monoisotopic (exact) mass is 328 g/mol. The van der Waals surface area contributed by atoms with Crippen LogP contribution in [0.2, 0.25) is 0 Å². The fraction of sp³-hybridized carbons (Fsp3) is 0.188. The van der Waals surface area contributed by atoms with E-state index >= 15 is 0 Å². The Morgan fingerprint density at radius 3 is 2.38 bits per heavy atom. The van der Waals surface area contributed by atoms with Crippen LogP contribution in [-0.4, -0.2) is 40.9 Å². The molecule has 0 unspecified atom stereocenters. The van der Waals surface area contributed by atoms with Gasteiger partial charge in [0, 0.05) is 6.07 Å². The quantitative estimate of drug-likeness (QED) is 0.765. The standard InChI is InChI=1S/C16H16N4O4/c1-22-12-6-10(7-13(23-2)15(12)24-3)4-5-11-8-14(21)20-16(19-11)17-9-18-20/h4-9H,1-3H3,(H,17,18,19). The highest BCUT2D eigenvalue weighted by molar-refractivity contribution is 5.71. The highest BCUT2D eigenvalue weighted by atomic mass is 16.5. The predicted molar refractivity (Wildman–Crippen MR) is 88.6 cm³/mol. The number of aromatic amines is 1. The molecule has 0 fully saturated rings. The van der Waals surface area contributed by atoms with E-state index in [-0.39, 0.29) is 5.56 Å². The molecule has 0 aliphatic heterocycles. The Bertz CT molecular complexity index is 933. The molecule has 1 N–H and O–H groups in total. The van der Waals surface area contributed by atoms with Gasteiger partial charge in [0.1, 0.15) is 6.33 Å². The highest BCUT2D eigenvalue weighted by Crippen LogP contribution is 2.38. The lowest BCUT2D eigenvalue weighted by molar-refractivity contribution is 0.324. The molecule has 2 heterocycles. The number of ether oxygens (including phenoxy) is 3. The molecule has 1 aromatic carbocycles. The van der Waals surface area contributed by atoms with Crippen molar-refractivity contribution in [1.82, 2.24) is 19.6 Å². The van der Waals surface area contributed by atoms with Crippen molar-refractivity contribution < 1.29 is 14.2 Å². The molecule has 3 aromatic rings. The van der Waals surface area contributed by atoms with E-state index in [0.29, 0.717) is 28.7 Å². The smallest absolute Gasteiger partial charge is 0.274 e. The van der Waals surface area contributed by atoms with Gasteiger partial charge in [0.15, 0.2) is 11.5 Å². The van der Waals surface area contributed by atoms with Crippen LogP contribution in [-0.2, 0) is 0 Å². The van der Waals surface area contributed by atoms with Crippen LogP contribution in [0.5, 0.6) is 17.2 Å². The summed E-state index contributed by atoms with van der Waals surface area (Å²) in [4.78, 5) is 20.2. The maximum Gasteiger partial charge on any atom is 0.274 e. The largest absolute Gasteiger partial charge is 0.493 e. The summed E-state index contributed by atoms with van der Waals surface area (Å²) in [7, 11) is 4.66. The summed E-state index contributed by atoms with van der Waals surface area (Å²) >= 11 is 0. The lowest BCUT2D eigenvalue weighted by Gasteiger charge is -2.12. The van der Waals surface area contributed by atoms with E-state index in [0.717, 1.165) is 5.56 Å². The van der Waals surface area contributed by atoms with Gasteiger partial charge in [-0.1, -0.05) is 6.08 Å². The van der Waals surface area contributed by atoms with Crippen molar-refractivity contribution in [2.45, 2.75) is 0 Å². The molecule has 124 valence electrons. The van der Waals surface area contributed by atoms with Crippen molar-refractivity contribution in [1.29, 1.82) is 0 Å². The van der Waals surface area contributed by atoms with E-state index in [1.54, 1.807) is 45.6 Å². The lowest BCUT2D eigenvalue weighted by atomic mass is 10.1. The topological polar surface area (TPSA) is 90.7 Å². The maximum atomic E-state index is 11.9. The van der Waals surface area contributed by atoms with Crippen LogP contribution < -0.4 is 19.8 Å². The number of H-pyrrole nitrogens is 1. The number of hydrogen-bond acceptors (Lipinski definition) is 6. The number of nitrogens with one attached hydrogen (secondary N) is 1. The first kappa shape index (κ1) is 15.6. The van der Waals surface area contributed by atoms with Crippen molar-refractivity contribution in [3.8, 4) is 17.2 Å². The van der Waals surface area contributed by atoms with Gasteiger partial charge in [0.25, 0.3) is 11.3 Å². The molecule has 0 saturated heterocycles. The molecule has 8 heteroatoms. The maximum absolute atomic E-state index is 11.9. The Labute approximate surface area is 137 Å². The van der Waals surface area contributed by atoms with Gasteiger partial charge in [-0.05, 0) is 23.8 Å². The fourth-order valence-corrected chi connectivity index (χ4v) is 2.30. The zero-order valence-electron chi connectivity index (χ0n) is 13.4. The first-order valence-electron chi connectivity index (χ1n) is 7.07. The van der Waals surface area contributed by atoms with Gasteiger partial charge in [0.05, 0.1) is 27.0 Å². The number of fused-ring (bicyclic) bond motifs is 1. The van der Waals surface area contributed by atoms with Gasteiger partial charge in [-0.3, -0.25) is 9.89 Å².